The van der Waals surface area contributed by atoms with E-state index in [9.17, 15) is 9.59 Å². The summed E-state index contributed by atoms with van der Waals surface area (Å²) in [5.41, 5.74) is 2.56. The maximum Gasteiger partial charge on any atom is 0.275 e. The van der Waals surface area contributed by atoms with Gasteiger partial charge in [0.05, 0.1) is 22.8 Å². The van der Waals surface area contributed by atoms with Crippen molar-refractivity contribution in [2.24, 2.45) is 0 Å². The van der Waals surface area contributed by atoms with E-state index in [1.807, 2.05) is 34.5 Å². The summed E-state index contributed by atoms with van der Waals surface area (Å²) < 4.78 is 1.82. The fourth-order valence-corrected chi connectivity index (χ4v) is 4.18. The second kappa shape index (κ2) is 6.80. The summed E-state index contributed by atoms with van der Waals surface area (Å²) in [7, 11) is 0. The van der Waals surface area contributed by atoms with Crippen LogP contribution in [0, 0.1) is 6.92 Å². The minimum absolute atomic E-state index is 0.131. The van der Waals surface area contributed by atoms with Crippen LogP contribution in [-0.2, 0) is 0 Å². The van der Waals surface area contributed by atoms with Crippen LogP contribution < -0.4 is 5.56 Å². The molecule has 1 aliphatic heterocycles. The second-order valence-corrected chi connectivity index (χ2v) is 7.38. The Bertz CT molecular complexity index is 1290. The first-order valence-electron chi connectivity index (χ1n) is 9.73. The molecule has 0 spiro atoms. The van der Waals surface area contributed by atoms with Crippen molar-refractivity contribution in [3.63, 3.8) is 0 Å². The number of aryl methyl sites for hydroxylation is 1. The number of nitrogens with one attached hydrogen (secondary N) is 1. The van der Waals surface area contributed by atoms with Gasteiger partial charge in [0.2, 0.25) is 0 Å². The Balaban J connectivity index is 1.62. The van der Waals surface area contributed by atoms with E-state index in [4.69, 9.17) is 0 Å². The molecule has 4 aromatic rings. The highest BCUT2D eigenvalue weighted by Gasteiger charge is 2.32. The number of likely N-dealkylation sites (tertiary alicyclic amines) is 1. The van der Waals surface area contributed by atoms with Crippen LogP contribution in [0.25, 0.3) is 16.4 Å². The fraction of sp³-hybridized carbons (Fsp3) is 0.286. The van der Waals surface area contributed by atoms with E-state index >= 15 is 0 Å². The molecule has 146 valence electrons. The molecule has 1 saturated heterocycles. The first-order chi connectivity index (χ1) is 14.1. The van der Waals surface area contributed by atoms with Crippen molar-refractivity contribution in [2.45, 2.75) is 32.2 Å². The van der Waals surface area contributed by atoms with E-state index in [0.29, 0.717) is 17.3 Å². The Morgan fingerprint density at radius 3 is 2.86 bits per heavy atom. The van der Waals surface area contributed by atoms with Crippen molar-refractivity contribution in [3.05, 3.63) is 70.0 Å². The van der Waals surface area contributed by atoms with Gasteiger partial charge in [-0.2, -0.15) is 10.2 Å². The van der Waals surface area contributed by atoms with Gasteiger partial charge in [0.15, 0.2) is 11.3 Å². The lowest BCUT2D eigenvalue weighted by Crippen LogP contribution is -2.40. The molecule has 3 aromatic heterocycles. The van der Waals surface area contributed by atoms with Gasteiger partial charge >= 0.3 is 0 Å². The number of aromatic amines is 1. The lowest BCUT2D eigenvalue weighted by molar-refractivity contribution is 0.0598. The zero-order chi connectivity index (χ0) is 20.0. The van der Waals surface area contributed by atoms with Crippen LogP contribution in [0.4, 0.5) is 0 Å². The van der Waals surface area contributed by atoms with E-state index in [1.165, 1.54) is 0 Å². The minimum atomic E-state index is -0.296. The monoisotopic (exact) mass is 388 g/mol. The molecule has 0 bridgehead atoms. The minimum Gasteiger partial charge on any atom is -0.329 e. The lowest BCUT2D eigenvalue weighted by Gasteiger charge is -2.35. The molecular weight excluding hydrogens is 368 g/mol. The molecule has 1 atom stereocenters. The lowest BCUT2D eigenvalue weighted by atomic mass is 9.98. The number of nitrogens with zero attached hydrogens (tertiary/aromatic N) is 5. The van der Waals surface area contributed by atoms with E-state index < -0.39 is 0 Å². The highest BCUT2D eigenvalue weighted by atomic mass is 16.2. The summed E-state index contributed by atoms with van der Waals surface area (Å²) in [4.78, 5) is 31.9. The Kier molecular flexibility index (Phi) is 4.12. The fourth-order valence-electron chi connectivity index (χ4n) is 4.18. The van der Waals surface area contributed by atoms with Gasteiger partial charge in [-0.25, -0.2) is 14.6 Å². The largest absolute Gasteiger partial charge is 0.329 e. The quantitative estimate of drug-likeness (QED) is 0.569. The Hall–Kier alpha value is -3.55. The van der Waals surface area contributed by atoms with Crippen LogP contribution in [0.2, 0.25) is 0 Å². The number of piperidine rings is 1. The third kappa shape index (κ3) is 2.88. The number of hydrogen-bond donors (Lipinski definition) is 1. The second-order valence-electron chi connectivity index (χ2n) is 7.38. The molecule has 8 heteroatoms. The molecule has 0 radical (unpaired) electrons. The summed E-state index contributed by atoms with van der Waals surface area (Å²) in [6, 6.07) is 10.8. The maximum atomic E-state index is 13.5. The third-order valence-electron chi connectivity index (χ3n) is 5.51. The number of fused-ring (bicyclic) bond motifs is 2. The highest BCUT2D eigenvalue weighted by Crippen LogP contribution is 2.32. The van der Waals surface area contributed by atoms with E-state index in [-0.39, 0.29) is 23.2 Å². The van der Waals surface area contributed by atoms with Gasteiger partial charge in [0.25, 0.3) is 11.5 Å². The first-order valence-corrected chi connectivity index (χ1v) is 9.73. The van der Waals surface area contributed by atoms with E-state index in [0.717, 1.165) is 36.3 Å². The number of carbonyl (C=O) groups is 1. The molecule has 1 aliphatic rings. The predicted octanol–water partition coefficient (Wildman–Crippen LogP) is 2.64. The van der Waals surface area contributed by atoms with Crippen LogP contribution in [-0.4, -0.2) is 42.1 Å². The van der Waals surface area contributed by atoms with Crippen molar-refractivity contribution in [1.29, 1.82) is 0 Å². The van der Waals surface area contributed by atoms with Gasteiger partial charge in [0, 0.05) is 24.2 Å². The topological polar surface area (TPSA) is 96.2 Å². The van der Waals surface area contributed by atoms with Gasteiger partial charge in [-0.3, -0.25) is 9.59 Å². The zero-order valence-corrected chi connectivity index (χ0v) is 16.0. The van der Waals surface area contributed by atoms with Crippen LogP contribution >= 0.6 is 0 Å². The van der Waals surface area contributed by atoms with Crippen LogP contribution in [0.15, 0.2) is 47.4 Å². The summed E-state index contributed by atoms with van der Waals surface area (Å²) in [5, 5.41) is 12.2. The summed E-state index contributed by atoms with van der Waals surface area (Å²) in [5.74, 6) is -0.184. The van der Waals surface area contributed by atoms with Crippen molar-refractivity contribution in [2.75, 3.05) is 6.54 Å². The molecule has 1 aromatic carbocycles. The summed E-state index contributed by atoms with van der Waals surface area (Å²) in [6.45, 7) is 2.56. The van der Waals surface area contributed by atoms with Gasteiger partial charge < -0.3 is 4.90 Å². The normalized spacial score (nSPS) is 17.1. The molecule has 1 fully saturated rings. The van der Waals surface area contributed by atoms with Crippen LogP contribution in [0.3, 0.4) is 0 Å². The van der Waals surface area contributed by atoms with E-state index in [1.54, 1.807) is 24.4 Å². The van der Waals surface area contributed by atoms with Gasteiger partial charge in [0.1, 0.15) is 0 Å². The van der Waals surface area contributed by atoms with Crippen LogP contribution in [0.5, 0.6) is 0 Å². The molecule has 1 N–H and O–H groups in total. The predicted molar refractivity (Wildman–Crippen MR) is 108 cm³/mol. The molecule has 1 amide bonds. The Morgan fingerprint density at radius 2 is 2.00 bits per heavy atom. The zero-order valence-electron chi connectivity index (χ0n) is 16.0. The van der Waals surface area contributed by atoms with Crippen LogP contribution in [0.1, 0.15) is 47.2 Å². The number of benzene rings is 1. The smallest absolute Gasteiger partial charge is 0.275 e. The van der Waals surface area contributed by atoms with Crippen molar-refractivity contribution >= 4 is 22.3 Å². The van der Waals surface area contributed by atoms with E-state index in [2.05, 4.69) is 20.3 Å². The number of amides is 1. The van der Waals surface area contributed by atoms with Crippen molar-refractivity contribution in [3.8, 4) is 0 Å². The molecule has 4 heterocycles. The average Bonchev–Trinajstić information content (AvgIpc) is 3.14. The SMILES string of the molecule is Cc1cc2nccc([C@H]3CCCCN3C(=O)c3n[nH]c(=O)c4ccccc34)n2n1. The molecule has 8 nitrogen and oxygen atoms in total. The Labute approximate surface area is 166 Å². The molecule has 0 aliphatic carbocycles. The average molecular weight is 388 g/mol. The van der Waals surface area contributed by atoms with Gasteiger partial charge in [-0.05, 0) is 38.3 Å². The third-order valence-corrected chi connectivity index (χ3v) is 5.51. The molecule has 0 unspecified atom stereocenters. The summed E-state index contributed by atoms with van der Waals surface area (Å²) in [6.07, 6.45) is 4.55. The Morgan fingerprint density at radius 1 is 1.17 bits per heavy atom. The van der Waals surface area contributed by atoms with Crippen molar-refractivity contribution < 1.29 is 4.79 Å². The number of carbonyl (C=O) groups excluding carboxylic acids is 1. The standard InChI is InChI=1S/C21H20N6O2/c1-13-12-18-22-10-9-17(27(18)25-13)16-8-4-5-11-26(16)21(29)19-14-6-2-3-7-15(14)20(28)24-23-19/h2-3,6-7,9-10,12,16H,4-5,8,11H2,1H3,(H,24,28)/t16-/m1/s1. The molecule has 5 rings (SSSR count). The van der Waals surface area contributed by atoms with Crippen molar-refractivity contribution in [1.82, 2.24) is 29.7 Å². The number of rotatable bonds is 2. The summed E-state index contributed by atoms with van der Waals surface area (Å²) >= 11 is 0. The highest BCUT2D eigenvalue weighted by molar-refractivity contribution is 6.04. The number of H-pyrrole nitrogens is 1. The molecule has 0 saturated carbocycles. The molecule has 29 heavy (non-hydrogen) atoms. The number of hydrogen-bond acceptors (Lipinski definition) is 5. The van der Waals surface area contributed by atoms with Gasteiger partial charge in [-0.15, -0.1) is 0 Å². The number of aromatic nitrogens is 5. The van der Waals surface area contributed by atoms with Gasteiger partial charge in [-0.1, -0.05) is 18.2 Å². The molecular formula is C21H20N6O2. The first kappa shape index (κ1) is 17.5. The maximum absolute atomic E-state index is 13.5.